The zero-order valence-electron chi connectivity index (χ0n) is 66.9. The molecule has 688 valence electrons. The van der Waals surface area contributed by atoms with Crippen molar-refractivity contribution in [2.24, 2.45) is 39.9 Å². The summed E-state index contributed by atoms with van der Waals surface area (Å²) in [6, 6.07) is 40.8. The topological polar surface area (TPSA) is 608 Å². The molecule has 42 heteroatoms. The van der Waals surface area contributed by atoms with Crippen LogP contribution in [0.25, 0.3) is 0 Å². The van der Waals surface area contributed by atoms with Gasteiger partial charge in [0.25, 0.3) is 0 Å². The Bertz CT molecular complexity index is 3620. The van der Waals surface area contributed by atoms with Crippen LogP contribution in [0.2, 0.25) is 0 Å². The summed E-state index contributed by atoms with van der Waals surface area (Å²) in [5, 5.41) is 96.8. The number of ether oxygens (including phenoxy) is 8. The van der Waals surface area contributed by atoms with E-state index in [9.17, 15) is 40.9 Å². The second kappa shape index (κ2) is 72.0. The third kappa shape index (κ3) is 51.0. The van der Waals surface area contributed by atoms with Gasteiger partial charge in [-0.2, -0.15) is 0 Å². The van der Waals surface area contributed by atoms with Gasteiger partial charge in [-0.05, 0) is 148 Å². The van der Waals surface area contributed by atoms with Crippen molar-refractivity contribution in [1.82, 2.24) is 0 Å². The standard InChI is InChI=1S/4C20H24N2O4.2Ag.2ClHO4.4Cu.2H2O/c4*1-3-25-17-9-5-7-15(19(17)23)13-21-11-12-22-14-16-8-6-10-18(20(16)24)26-4-2;;;2*2-1(3,4)5;;;;;;/h4*5-10,13-14,23-24H,3-4,11-12H2,1-2H3;;;2*(H,2,3,4,5);;;;;2*1H2/q;;;;2*+1;;;4*+2;;/p-8. The summed E-state index contributed by atoms with van der Waals surface area (Å²) in [7, 11) is -9.89. The summed E-state index contributed by atoms with van der Waals surface area (Å²) in [5.74, 6) is 1.20. The van der Waals surface area contributed by atoms with Gasteiger partial charge >= 0.3 is 113 Å². The van der Waals surface area contributed by atoms with E-state index in [1.807, 2.05) is 55.4 Å². The van der Waals surface area contributed by atoms with E-state index >= 15 is 0 Å². The molecule has 0 spiro atoms. The third-order valence-corrected chi connectivity index (χ3v) is 13.7. The zero-order valence-corrected chi connectivity index (χ0v) is 75.1. The molecule has 8 aromatic carbocycles. The first-order chi connectivity index (χ1) is 54.7. The molecule has 6 N–H and O–H groups in total. The van der Waals surface area contributed by atoms with Gasteiger partial charge in [-0.3, -0.25) is 39.9 Å². The van der Waals surface area contributed by atoms with Crippen LogP contribution in [0, 0.1) is 20.5 Å². The summed E-state index contributed by atoms with van der Waals surface area (Å²) in [6.07, 6.45) is 12.2. The number of halogens is 2. The molecule has 34 nitrogen and oxygen atoms in total. The van der Waals surface area contributed by atoms with Crippen LogP contribution in [0.1, 0.15) is 99.9 Å². The Balaban J connectivity index is -0.000000346. The Kier molecular flexibility index (Phi) is 73.5. The average Bonchev–Trinajstić information content (AvgIpc) is 1.17. The molecule has 0 atom stereocenters. The minimum Gasteiger partial charge on any atom is -0.870 e. The summed E-state index contributed by atoms with van der Waals surface area (Å²) >= 11 is 0. The van der Waals surface area contributed by atoms with E-state index in [1.165, 1.54) is 49.7 Å². The smallest absolute Gasteiger partial charge is 0.870 e. The Labute approximate surface area is 786 Å². The first-order valence-electron chi connectivity index (χ1n) is 35.3. The molecule has 0 aliphatic rings. The zero-order chi connectivity index (χ0) is 84.1. The third-order valence-electron chi connectivity index (χ3n) is 13.7. The first-order valence-corrected chi connectivity index (χ1v) is 37.8. The number of benzene rings is 8. The molecule has 8 rings (SSSR count). The van der Waals surface area contributed by atoms with Crippen molar-refractivity contribution < 1.29 is 260 Å². The first kappa shape index (κ1) is 124. The van der Waals surface area contributed by atoms with E-state index in [4.69, 9.17) is 75.2 Å². The van der Waals surface area contributed by atoms with Crippen LogP contribution >= 0.6 is 0 Å². The van der Waals surface area contributed by atoms with Crippen molar-refractivity contribution in [1.29, 1.82) is 0 Å². The summed E-state index contributed by atoms with van der Waals surface area (Å²) < 4.78 is 110. The number of nitrogens with zero attached hydrogens (tertiary/aromatic N) is 8. The minimum absolute atomic E-state index is 0. The molecule has 0 saturated carbocycles. The molecule has 0 aromatic heterocycles. The fourth-order valence-electron chi connectivity index (χ4n) is 8.99. The monoisotopic (exact) mass is 2120 g/mol. The molecule has 0 heterocycles. The van der Waals surface area contributed by atoms with Crippen molar-refractivity contribution >= 4 is 49.7 Å². The van der Waals surface area contributed by atoms with E-state index in [0.29, 0.717) is 196 Å². The number of aliphatic imine (C=N–C) groups is 8. The molecular formula is C80H94Ag2Cl2Cu4N8O26+2. The number of para-hydroxylation sites is 8. The van der Waals surface area contributed by atoms with Gasteiger partial charge < -0.3 is 89.7 Å². The minimum atomic E-state index is -4.94. The van der Waals surface area contributed by atoms with E-state index < -0.39 is 20.5 Å². The van der Waals surface area contributed by atoms with E-state index in [1.54, 1.807) is 146 Å². The molecule has 0 bridgehead atoms. The van der Waals surface area contributed by atoms with Gasteiger partial charge in [0.1, 0.15) is 46.0 Å². The van der Waals surface area contributed by atoms with Crippen LogP contribution in [0.4, 0.5) is 0 Å². The predicted octanol–water partition coefficient (Wildman–Crippen LogP) is -2.69. The van der Waals surface area contributed by atoms with Gasteiger partial charge in [-0.25, -0.2) is 37.3 Å². The van der Waals surface area contributed by atoms with E-state index in [2.05, 4.69) is 39.9 Å². The van der Waals surface area contributed by atoms with E-state index in [-0.39, 0.29) is 170 Å². The van der Waals surface area contributed by atoms with Gasteiger partial charge in [-0.15, -0.1) is 20.5 Å². The molecule has 122 heavy (non-hydrogen) atoms. The number of hydrogen-bond acceptors (Lipinski definition) is 32. The van der Waals surface area contributed by atoms with E-state index in [0.717, 1.165) is 0 Å². The van der Waals surface area contributed by atoms with Crippen molar-refractivity contribution in [2.45, 2.75) is 55.4 Å². The average molecular weight is 2120 g/mol. The van der Waals surface area contributed by atoms with Gasteiger partial charge in [0.2, 0.25) is 0 Å². The van der Waals surface area contributed by atoms with Crippen molar-refractivity contribution in [3.8, 4) is 92.0 Å². The van der Waals surface area contributed by atoms with Crippen molar-refractivity contribution in [3.63, 3.8) is 0 Å². The summed E-state index contributed by atoms with van der Waals surface area (Å²) in [6.45, 7) is 21.4. The van der Waals surface area contributed by atoms with Crippen LogP contribution in [-0.2, 0) is 124 Å². The summed E-state index contributed by atoms with van der Waals surface area (Å²) in [4.78, 5) is 33.7. The van der Waals surface area contributed by atoms with Gasteiger partial charge in [0.05, 0.1) is 105 Å². The van der Waals surface area contributed by atoms with Crippen LogP contribution in [0.15, 0.2) is 186 Å². The Morgan fingerprint density at radius 2 is 0.303 bits per heavy atom. The molecular weight excluding hydrogens is 2030 g/mol. The molecule has 0 amide bonds. The quantitative estimate of drug-likeness (QED) is 0.0167. The molecule has 0 saturated heterocycles. The maximum Gasteiger partial charge on any atom is 2.00 e. The van der Waals surface area contributed by atoms with Crippen LogP contribution in [0.5, 0.6) is 92.0 Å². The largest absolute Gasteiger partial charge is 2.00 e. The second-order valence-electron chi connectivity index (χ2n) is 21.9. The molecule has 0 aliphatic heterocycles. The van der Waals surface area contributed by atoms with Crippen molar-refractivity contribution in [3.05, 3.63) is 190 Å². The van der Waals surface area contributed by atoms with Gasteiger partial charge in [-0.1, -0.05) is 143 Å². The molecule has 4 radical (unpaired) electrons. The SMILES string of the molecule is CCOc1cccc(C=NCCN=Cc2cccc(OCC)c2[O-])c1[O-].CCOc1cccc(C=NCCN=Cc2cccc(OCC)c2[O-])c1[O-].CCOc1cccc(C=NCCN=Cc2cccc(OCC)c2[O-])c1[O-].CCOc1cccc(C=NCCN=Cc2cccc(OCC)c2[O-])c1[O-].[Ag+].[Ag+].[Cu+2].[Cu+2].[Cu+2].[Cu+2].[O-][Cl+3]([O-])([O-])[O-].[O-][Cl+3]([O-])([O-])[O-].[OH3+].[OH3+]. The molecule has 0 fully saturated rings. The maximum atomic E-state index is 12.1. The van der Waals surface area contributed by atoms with Crippen molar-refractivity contribution in [2.75, 3.05) is 105 Å². The number of hydrogen-bond donors (Lipinski definition) is 0. The Morgan fingerprint density at radius 3 is 0.385 bits per heavy atom. The second-order valence-corrected chi connectivity index (χ2v) is 23.4. The van der Waals surface area contributed by atoms with Gasteiger partial charge in [0, 0.05) is 49.7 Å². The fraction of sp³-hybridized carbons (Fsp3) is 0.300. The molecule has 0 unspecified atom stereocenters. The van der Waals surface area contributed by atoms with Crippen LogP contribution < -0.4 is 116 Å². The number of rotatable bonds is 36. The molecule has 0 aliphatic carbocycles. The van der Waals surface area contributed by atoms with Crippen LogP contribution in [0.3, 0.4) is 0 Å². The van der Waals surface area contributed by atoms with Crippen LogP contribution in [-0.4, -0.2) is 155 Å². The Hall–Kier alpha value is -8.34. The predicted molar refractivity (Wildman–Crippen MR) is 406 cm³/mol. The summed E-state index contributed by atoms with van der Waals surface area (Å²) in [5.41, 5.74) is 3.82. The Morgan fingerprint density at radius 1 is 0.213 bits per heavy atom. The normalized spacial score (nSPS) is 10.6. The van der Waals surface area contributed by atoms with Gasteiger partial charge in [0.15, 0.2) is 0 Å². The fourth-order valence-corrected chi connectivity index (χ4v) is 8.99. The molecule has 8 aromatic rings. The maximum absolute atomic E-state index is 12.1.